The first-order valence-corrected chi connectivity index (χ1v) is 7.72. The summed E-state index contributed by atoms with van der Waals surface area (Å²) in [5.41, 5.74) is 5.83. The van der Waals surface area contributed by atoms with Gasteiger partial charge < -0.3 is 10.5 Å². The third-order valence-corrected chi connectivity index (χ3v) is 4.03. The highest BCUT2D eigenvalue weighted by atomic mass is 32.2. The Balaban J connectivity index is 2.74. The van der Waals surface area contributed by atoms with Crippen LogP contribution in [0.25, 0.3) is 0 Å². The molecule has 112 valence electrons. The molecule has 10 heteroatoms. The van der Waals surface area contributed by atoms with Crippen LogP contribution in [0.1, 0.15) is 18.4 Å². The van der Waals surface area contributed by atoms with Gasteiger partial charge in [-0.1, -0.05) is 12.2 Å². The average Bonchev–Trinajstić information content (AvgIpc) is 2.70. The average molecular weight is 320 g/mol. The maximum Gasteiger partial charge on any atom is 0.305 e. The number of carbonyl (C=O) groups is 1. The van der Waals surface area contributed by atoms with E-state index in [1.54, 1.807) is 7.05 Å². The molecule has 0 spiro atoms. The van der Waals surface area contributed by atoms with Gasteiger partial charge in [0, 0.05) is 13.5 Å². The Kier molecular flexibility index (Phi) is 5.45. The van der Waals surface area contributed by atoms with E-state index in [4.69, 9.17) is 18.0 Å². The lowest BCUT2D eigenvalue weighted by Crippen LogP contribution is -2.22. The Bertz CT molecular complexity index is 609. The minimum absolute atomic E-state index is 0.0327. The van der Waals surface area contributed by atoms with Gasteiger partial charge in [-0.15, -0.1) is 0 Å². The fourth-order valence-corrected chi connectivity index (χ4v) is 2.76. The van der Waals surface area contributed by atoms with Crippen molar-refractivity contribution in [3.05, 3.63) is 11.8 Å². The molecule has 0 unspecified atom stereocenters. The summed E-state index contributed by atoms with van der Waals surface area (Å²) in [6.07, 6.45) is 1.57. The number of aryl methyl sites for hydroxylation is 1. The van der Waals surface area contributed by atoms with Crippen molar-refractivity contribution in [3.8, 4) is 0 Å². The normalized spacial score (nSPS) is 11.1. The molecule has 8 nitrogen and oxygen atoms in total. The first-order valence-electron chi connectivity index (χ1n) is 5.66. The Morgan fingerprint density at radius 2 is 2.25 bits per heavy atom. The second kappa shape index (κ2) is 6.66. The van der Waals surface area contributed by atoms with Gasteiger partial charge in [0.25, 0.3) is 0 Å². The molecule has 0 aliphatic carbocycles. The molecule has 0 radical (unpaired) electrons. The van der Waals surface area contributed by atoms with Gasteiger partial charge in [-0.25, -0.2) is 8.42 Å². The zero-order chi connectivity index (χ0) is 15.3. The molecule has 0 fully saturated rings. The number of aromatic nitrogens is 2. The van der Waals surface area contributed by atoms with Crippen LogP contribution in [0.5, 0.6) is 0 Å². The lowest BCUT2D eigenvalue weighted by atomic mass is 10.3. The van der Waals surface area contributed by atoms with E-state index in [-0.39, 0.29) is 29.4 Å². The fourth-order valence-electron chi connectivity index (χ4n) is 1.45. The van der Waals surface area contributed by atoms with E-state index >= 15 is 0 Å². The molecule has 3 N–H and O–H groups in total. The topological polar surface area (TPSA) is 116 Å². The maximum absolute atomic E-state index is 11.9. The highest BCUT2D eigenvalue weighted by Gasteiger charge is 2.18. The summed E-state index contributed by atoms with van der Waals surface area (Å²) >= 11 is 4.82. The molecule has 0 aromatic carbocycles. The van der Waals surface area contributed by atoms with E-state index in [1.807, 2.05) is 0 Å². The number of nitrogens with zero attached hydrogens (tertiary/aromatic N) is 2. The molecule has 1 heterocycles. The van der Waals surface area contributed by atoms with E-state index < -0.39 is 16.0 Å². The number of nitrogens with two attached hydrogens (primary N) is 1. The van der Waals surface area contributed by atoms with Crippen LogP contribution in [-0.2, 0) is 26.6 Å². The molecule has 1 aromatic heterocycles. The van der Waals surface area contributed by atoms with Crippen LogP contribution in [0.15, 0.2) is 6.20 Å². The molecular weight excluding hydrogens is 304 g/mol. The molecule has 0 amide bonds. The number of sulfonamides is 1. The zero-order valence-corrected chi connectivity index (χ0v) is 12.8. The molecule has 20 heavy (non-hydrogen) atoms. The Morgan fingerprint density at radius 1 is 1.60 bits per heavy atom. The number of methoxy groups -OCH3 is 1. The van der Waals surface area contributed by atoms with Crippen LogP contribution < -0.4 is 10.5 Å². The minimum atomic E-state index is -3.62. The van der Waals surface area contributed by atoms with Gasteiger partial charge in [0.15, 0.2) is 0 Å². The number of rotatable bonds is 7. The molecule has 0 atom stereocenters. The van der Waals surface area contributed by atoms with Crippen molar-refractivity contribution in [2.45, 2.75) is 12.8 Å². The van der Waals surface area contributed by atoms with Crippen molar-refractivity contribution < 1.29 is 17.9 Å². The van der Waals surface area contributed by atoms with Crippen LogP contribution in [-0.4, -0.2) is 42.0 Å². The Morgan fingerprint density at radius 3 is 2.80 bits per heavy atom. The van der Waals surface area contributed by atoms with Crippen LogP contribution in [0.2, 0.25) is 0 Å². The number of thiocarbonyl (C=S) groups is 1. The van der Waals surface area contributed by atoms with Crippen LogP contribution in [0, 0.1) is 0 Å². The standard InChI is InChI=1S/C10H16N4O4S2/c1-14-10(7(6-12-14)9(11)19)13-20(16,17)5-3-4-8(15)18-2/h6,13H,3-5H2,1-2H3,(H2,11,19). The van der Waals surface area contributed by atoms with Crippen molar-refractivity contribution in [1.82, 2.24) is 9.78 Å². The zero-order valence-electron chi connectivity index (χ0n) is 11.1. The number of esters is 1. The monoisotopic (exact) mass is 320 g/mol. The summed E-state index contributed by atoms with van der Waals surface area (Å²) in [5.74, 6) is -0.468. The largest absolute Gasteiger partial charge is 0.469 e. The highest BCUT2D eigenvalue weighted by molar-refractivity contribution is 7.92. The summed E-state index contributed by atoms with van der Waals surface area (Å²) in [6.45, 7) is 0. The smallest absolute Gasteiger partial charge is 0.305 e. The minimum Gasteiger partial charge on any atom is -0.469 e. The molecule has 0 bridgehead atoms. The summed E-state index contributed by atoms with van der Waals surface area (Å²) in [6, 6.07) is 0. The van der Waals surface area contributed by atoms with Gasteiger partial charge >= 0.3 is 5.97 Å². The molecule has 1 rings (SSSR count). The number of nitrogens with one attached hydrogen (secondary N) is 1. The van der Waals surface area contributed by atoms with E-state index in [0.717, 1.165) is 0 Å². The number of anilines is 1. The van der Waals surface area contributed by atoms with Crippen molar-refractivity contribution >= 4 is 39.0 Å². The SMILES string of the molecule is COC(=O)CCCS(=O)(=O)Nc1c(C(N)=S)cnn1C. The van der Waals surface area contributed by atoms with Crippen molar-refractivity contribution in [2.24, 2.45) is 12.8 Å². The third-order valence-electron chi connectivity index (χ3n) is 2.48. The molecule has 0 aliphatic rings. The van der Waals surface area contributed by atoms with E-state index in [0.29, 0.717) is 5.56 Å². The van der Waals surface area contributed by atoms with E-state index in [9.17, 15) is 13.2 Å². The van der Waals surface area contributed by atoms with Crippen LogP contribution in [0.3, 0.4) is 0 Å². The molecule has 0 aliphatic heterocycles. The van der Waals surface area contributed by atoms with Crippen molar-refractivity contribution in [3.63, 3.8) is 0 Å². The van der Waals surface area contributed by atoms with Crippen LogP contribution in [0.4, 0.5) is 5.82 Å². The van der Waals surface area contributed by atoms with E-state index in [1.165, 1.54) is 18.0 Å². The summed E-state index contributed by atoms with van der Waals surface area (Å²) in [5, 5.41) is 3.89. The van der Waals surface area contributed by atoms with Gasteiger partial charge in [0.1, 0.15) is 10.8 Å². The quantitative estimate of drug-likeness (QED) is 0.525. The highest BCUT2D eigenvalue weighted by Crippen LogP contribution is 2.16. The number of ether oxygens (including phenoxy) is 1. The Hall–Kier alpha value is -1.68. The van der Waals surface area contributed by atoms with Crippen molar-refractivity contribution in [1.29, 1.82) is 0 Å². The molecular formula is C10H16N4O4S2. The van der Waals surface area contributed by atoms with Gasteiger partial charge in [0.05, 0.1) is 24.6 Å². The summed E-state index contributed by atoms with van der Waals surface area (Å²) < 4.78 is 31.9. The van der Waals surface area contributed by atoms with E-state index in [2.05, 4.69) is 14.6 Å². The van der Waals surface area contributed by atoms with Gasteiger partial charge in [0.2, 0.25) is 10.0 Å². The first kappa shape index (κ1) is 16.4. The van der Waals surface area contributed by atoms with Gasteiger partial charge in [-0.2, -0.15) is 5.10 Å². The lowest BCUT2D eigenvalue weighted by Gasteiger charge is -2.09. The number of hydrogen-bond donors (Lipinski definition) is 2. The fraction of sp³-hybridized carbons (Fsp3) is 0.500. The Labute approximate surface area is 122 Å². The van der Waals surface area contributed by atoms with Crippen LogP contribution >= 0.6 is 12.2 Å². The predicted molar refractivity (Wildman–Crippen MR) is 77.8 cm³/mol. The second-order valence-corrected chi connectivity index (χ2v) is 6.28. The van der Waals surface area contributed by atoms with Gasteiger partial charge in [-0.05, 0) is 6.42 Å². The van der Waals surface area contributed by atoms with Crippen molar-refractivity contribution in [2.75, 3.05) is 17.6 Å². The third kappa shape index (κ3) is 4.46. The summed E-state index contributed by atoms with van der Waals surface area (Å²) in [4.78, 5) is 11.0. The van der Waals surface area contributed by atoms with Gasteiger partial charge in [-0.3, -0.25) is 14.2 Å². The first-order chi connectivity index (χ1) is 9.26. The predicted octanol–water partition coefficient (Wildman–Crippen LogP) is -0.251. The molecule has 1 aromatic rings. The maximum atomic E-state index is 11.9. The number of hydrogen-bond acceptors (Lipinski definition) is 6. The number of carbonyl (C=O) groups excluding carboxylic acids is 1. The lowest BCUT2D eigenvalue weighted by molar-refractivity contribution is -0.140. The molecule has 0 saturated heterocycles. The second-order valence-electron chi connectivity index (χ2n) is 4.00. The molecule has 0 saturated carbocycles. The summed E-state index contributed by atoms with van der Waals surface area (Å²) in [7, 11) is -0.808.